The Labute approximate surface area is 102 Å². The second kappa shape index (κ2) is 5.02. The van der Waals surface area contributed by atoms with Gasteiger partial charge in [-0.1, -0.05) is 0 Å². The van der Waals surface area contributed by atoms with Gasteiger partial charge in [0.2, 0.25) is 0 Å². The molecule has 0 spiro atoms. The van der Waals surface area contributed by atoms with Crippen molar-refractivity contribution in [2.45, 2.75) is 24.5 Å². The van der Waals surface area contributed by atoms with Gasteiger partial charge >= 0.3 is 5.69 Å². The molecule has 8 nitrogen and oxygen atoms in total. The molecule has 0 aliphatic carbocycles. The lowest BCUT2D eigenvalue weighted by molar-refractivity contribution is -0.0549. The number of aliphatic hydroxyl groups is 3. The number of anilines is 1. The van der Waals surface area contributed by atoms with Crippen molar-refractivity contribution in [2.24, 2.45) is 0 Å². The summed E-state index contributed by atoms with van der Waals surface area (Å²) < 4.78 is 6.30. The minimum Gasteiger partial charge on any atom is -0.394 e. The molecule has 0 radical (unpaired) electrons. The van der Waals surface area contributed by atoms with E-state index in [2.05, 4.69) is 10.3 Å². The lowest BCUT2D eigenvalue weighted by Crippen LogP contribution is -2.36. The number of aromatic nitrogens is 2. The van der Waals surface area contributed by atoms with Crippen molar-refractivity contribution in [1.82, 2.24) is 9.55 Å². The molecule has 1 saturated heterocycles. The monoisotopic (exact) mass is 257 g/mol. The third kappa shape index (κ3) is 2.10. The van der Waals surface area contributed by atoms with Crippen molar-refractivity contribution in [1.29, 1.82) is 0 Å². The predicted octanol–water partition coefficient (Wildman–Crippen LogP) is -2.10. The smallest absolute Gasteiger partial charge is 0.351 e. The van der Waals surface area contributed by atoms with Crippen LogP contribution in [0.2, 0.25) is 0 Å². The van der Waals surface area contributed by atoms with Gasteiger partial charge in [0, 0.05) is 13.2 Å². The van der Waals surface area contributed by atoms with Crippen LogP contribution in [0, 0.1) is 0 Å². The summed E-state index contributed by atoms with van der Waals surface area (Å²) in [7, 11) is 1.62. The molecule has 2 heterocycles. The largest absolute Gasteiger partial charge is 0.394 e. The molecule has 0 saturated carbocycles. The molecule has 0 bridgehead atoms. The van der Waals surface area contributed by atoms with Crippen LogP contribution in [0.3, 0.4) is 0 Å². The summed E-state index contributed by atoms with van der Waals surface area (Å²) in [5.74, 6) is 0.392. The summed E-state index contributed by atoms with van der Waals surface area (Å²) in [5, 5.41) is 31.0. The number of aliphatic hydroxyl groups excluding tert-OH is 3. The zero-order chi connectivity index (χ0) is 13.3. The maximum atomic E-state index is 11.7. The fourth-order valence-corrected chi connectivity index (χ4v) is 1.86. The molecule has 4 N–H and O–H groups in total. The van der Waals surface area contributed by atoms with E-state index in [0.29, 0.717) is 5.82 Å². The molecule has 1 fully saturated rings. The first-order valence-corrected chi connectivity index (χ1v) is 5.48. The molecule has 1 aliphatic heterocycles. The molecule has 0 amide bonds. The van der Waals surface area contributed by atoms with Gasteiger partial charge in [0.15, 0.2) is 6.23 Å². The highest BCUT2D eigenvalue weighted by atomic mass is 16.6. The van der Waals surface area contributed by atoms with Crippen molar-refractivity contribution in [3.63, 3.8) is 0 Å². The average molecular weight is 257 g/mol. The van der Waals surface area contributed by atoms with Crippen LogP contribution in [0.15, 0.2) is 17.1 Å². The lowest BCUT2D eigenvalue weighted by Gasteiger charge is -2.17. The van der Waals surface area contributed by atoms with Gasteiger partial charge in [-0.2, -0.15) is 4.98 Å². The molecular weight excluding hydrogens is 242 g/mol. The Morgan fingerprint density at radius 2 is 2.22 bits per heavy atom. The van der Waals surface area contributed by atoms with Crippen molar-refractivity contribution < 1.29 is 20.1 Å². The third-order valence-electron chi connectivity index (χ3n) is 2.88. The second-order valence-electron chi connectivity index (χ2n) is 3.98. The Kier molecular flexibility index (Phi) is 3.62. The summed E-state index contributed by atoms with van der Waals surface area (Å²) in [6, 6.07) is 1.54. The minimum atomic E-state index is -1.29. The van der Waals surface area contributed by atoms with Gasteiger partial charge in [0.05, 0.1) is 6.61 Å². The summed E-state index contributed by atoms with van der Waals surface area (Å²) in [4.78, 5) is 15.4. The van der Waals surface area contributed by atoms with Crippen molar-refractivity contribution in [2.75, 3.05) is 19.0 Å². The molecule has 1 aliphatic rings. The van der Waals surface area contributed by atoms with E-state index >= 15 is 0 Å². The average Bonchev–Trinajstić information content (AvgIpc) is 2.66. The van der Waals surface area contributed by atoms with Crippen molar-refractivity contribution >= 4 is 5.82 Å². The Bertz CT molecular complexity index is 477. The molecule has 1 aromatic heterocycles. The fraction of sp³-hybridized carbons (Fsp3) is 0.600. The van der Waals surface area contributed by atoms with Gasteiger partial charge in [-0.05, 0) is 6.07 Å². The highest BCUT2D eigenvalue weighted by Gasteiger charge is 2.43. The first-order chi connectivity index (χ1) is 8.58. The molecule has 8 heteroatoms. The van der Waals surface area contributed by atoms with E-state index in [4.69, 9.17) is 9.84 Å². The van der Waals surface area contributed by atoms with E-state index in [9.17, 15) is 15.0 Å². The summed E-state index contributed by atoms with van der Waals surface area (Å²) in [6.07, 6.45) is -3.09. The predicted molar refractivity (Wildman–Crippen MR) is 61.1 cm³/mol. The lowest BCUT2D eigenvalue weighted by atomic mass is 10.1. The van der Waals surface area contributed by atoms with Gasteiger partial charge in [0.1, 0.15) is 24.1 Å². The van der Waals surface area contributed by atoms with Crippen molar-refractivity contribution in [3.8, 4) is 0 Å². The Hall–Kier alpha value is -1.48. The standard InChI is InChI=1S/C10H15N3O5/c1-11-6-2-3-13(10(17)12-6)9-8(16)7(15)5(4-14)18-9/h2-3,5,7-9,14-16H,4H2,1H3,(H,11,12,17)/t5-,7-,8-,9?/m1/s1. The molecule has 2 rings (SSSR count). The maximum Gasteiger partial charge on any atom is 0.351 e. The van der Waals surface area contributed by atoms with Gasteiger partial charge in [0.25, 0.3) is 0 Å². The quantitative estimate of drug-likeness (QED) is 0.490. The Balaban J connectivity index is 2.30. The van der Waals surface area contributed by atoms with Crippen LogP contribution in [0.25, 0.3) is 0 Å². The summed E-state index contributed by atoms with van der Waals surface area (Å²) in [5.41, 5.74) is -0.614. The van der Waals surface area contributed by atoms with Crippen molar-refractivity contribution in [3.05, 3.63) is 22.7 Å². The van der Waals surface area contributed by atoms with Gasteiger partial charge in [-0.15, -0.1) is 0 Å². The van der Waals surface area contributed by atoms with E-state index in [1.807, 2.05) is 0 Å². The number of hydrogen-bond donors (Lipinski definition) is 4. The minimum absolute atomic E-state index is 0.392. The Morgan fingerprint density at radius 1 is 1.50 bits per heavy atom. The third-order valence-corrected chi connectivity index (χ3v) is 2.88. The number of hydrogen-bond acceptors (Lipinski definition) is 7. The first kappa shape index (κ1) is 13.0. The summed E-state index contributed by atoms with van der Waals surface area (Å²) >= 11 is 0. The SMILES string of the molecule is CNc1ccn(C2O[C@H](CO)[C@@H](O)[C@H]2O)c(=O)n1. The molecule has 0 aromatic carbocycles. The van der Waals surface area contributed by atoms with E-state index in [-0.39, 0.29) is 0 Å². The number of ether oxygens (including phenoxy) is 1. The molecule has 1 unspecified atom stereocenters. The van der Waals surface area contributed by atoms with E-state index in [1.54, 1.807) is 7.05 Å². The van der Waals surface area contributed by atoms with Crippen LogP contribution in [0.4, 0.5) is 5.82 Å². The molecule has 4 atom stereocenters. The van der Waals surface area contributed by atoms with E-state index < -0.39 is 36.8 Å². The maximum absolute atomic E-state index is 11.7. The number of nitrogens with zero attached hydrogens (tertiary/aromatic N) is 2. The molecular formula is C10H15N3O5. The molecule has 100 valence electrons. The number of nitrogens with one attached hydrogen (secondary N) is 1. The normalized spacial score (nSPS) is 31.6. The van der Waals surface area contributed by atoms with Gasteiger partial charge in [-0.3, -0.25) is 4.57 Å². The van der Waals surface area contributed by atoms with Crippen LogP contribution >= 0.6 is 0 Å². The number of rotatable bonds is 3. The highest BCUT2D eigenvalue weighted by Crippen LogP contribution is 2.27. The molecule has 18 heavy (non-hydrogen) atoms. The van der Waals surface area contributed by atoms with Gasteiger partial charge in [-0.25, -0.2) is 4.79 Å². The second-order valence-corrected chi connectivity index (χ2v) is 3.98. The van der Waals surface area contributed by atoms with E-state index in [0.717, 1.165) is 4.57 Å². The zero-order valence-corrected chi connectivity index (χ0v) is 9.72. The first-order valence-electron chi connectivity index (χ1n) is 5.48. The van der Waals surface area contributed by atoms with Crippen LogP contribution in [-0.2, 0) is 4.74 Å². The van der Waals surface area contributed by atoms with Crippen LogP contribution in [-0.4, -0.2) is 56.8 Å². The van der Waals surface area contributed by atoms with Crippen LogP contribution in [0.1, 0.15) is 6.23 Å². The zero-order valence-electron chi connectivity index (χ0n) is 9.72. The highest BCUT2D eigenvalue weighted by molar-refractivity contribution is 5.30. The fourth-order valence-electron chi connectivity index (χ4n) is 1.86. The topological polar surface area (TPSA) is 117 Å². The molecule has 1 aromatic rings. The summed E-state index contributed by atoms with van der Waals surface area (Å²) in [6.45, 7) is -0.439. The Morgan fingerprint density at radius 3 is 2.72 bits per heavy atom. The van der Waals surface area contributed by atoms with Crippen LogP contribution < -0.4 is 11.0 Å². The van der Waals surface area contributed by atoms with E-state index in [1.165, 1.54) is 12.3 Å². The van der Waals surface area contributed by atoms with Gasteiger partial charge < -0.3 is 25.4 Å². The van der Waals surface area contributed by atoms with Crippen LogP contribution in [0.5, 0.6) is 0 Å².